The van der Waals surface area contributed by atoms with Gasteiger partial charge in [0, 0.05) is 66.5 Å². The van der Waals surface area contributed by atoms with Crippen LogP contribution in [0, 0.1) is 0 Å². The first-order chi connectivity index (χ1) is 30.6. The number of benzene rings is 4. The van der Waals surface area contributed by atoms with Crippen LogP contribution in [-0.4, -0.2) is 60.5 Å². The molecule has 4 heterocycles. The normalized spacial score (nSPS) is 11.6. The van der Waals surface area contributed by atoms with E-state index in [0.717, 1.165) is 34.3 Å². The van der Waals surface area contributed by atoms with Crippen LogP contribution in [0.25, 0.3) is 0 Å². The molecule has 0 saturated heterocycles. The molecule has 19 heteroatoms. The summed E-state index contributed by atoms with van der Waals surface area (Å²) in [7, 11) is 7.37. The minimum atomic E-state index is -0.162. The smallest absolute Gasteiger partial charge is 0.266 e. The summed E-state index contributed by atoms with van der Waals surface area (Å²) in [6.45, 7) is 5.45. The van der Waals surface area contributed by atoms with Crippen LogP contribution in [0.2, 0.25) is 20.1 Å². The summed E-state index contributed by atoms with van der Waals surface area (Å²) in [5, 5.41) is 17.3. The lowest BCUT2D eigenvalue weighted by atomic mass is 10.3. The van der Waals surface area contributed by atoms with Crippen molar-refractivity contribution in [3.05, 3.63) is 208 Å². The number of H-pyrrole nitrogens is 4. The maximum absolute atomic E-state index is 11.2. The Balaban J connectivity index is 0.000000161. The molecule has 0 amide bonds. The molecular formula is C45H46Cl4N8O7. The molecule has 0 fully saturated rings. The summed E-state index contributed by atoms with van der Waals surface area (Å²) in [5.41, 5.74) is 3.91. The van der Waals surface area contributed by atoms with Crippen LogP contribution < -0.4 is 35.6 Å². The lowest BCUT2D eigenvalue weighted by Crippen LogP contribution is -2.30. The number of ether oxygens (including phenoxy) is 4. The molecule has 1 aliphatic rings. The van der Waals surface area contributed by atoms with E-state index < -0.39 is 0 Å². The van der Waals surface area contributed by atoms with E-state index in [-0.39, 0.29) is 16.7 Å². The summed E-state index contributed by atoms with van der Waals surface area (Å²) in [6, 6.07) is 33.0. The molecule has 336 valence electrons. The molecule has 4 N–H and O–H groups in total. The van der Waals surface area contributed by atoms with Gasteiger partial charge in [-0.3, -0.25) is 54.2 Å². The molecular weight excluding hydrogens is 906 g/mol. The third kappa shape index (κ3) is 15.6. The molecule has 0 spiro atoms. The number of halogens is 4. The van der Waals surface area contributed by atoms with Gasteiger partial charge < -0.3 is 18.9 Å². The van der Waals surface area contributed by atoms with Gasteiger partial charge in [0.1, 0.15) is 49.4 Å². The van der Waals surface area contributed by atoms with Gasteiger partial charge >= 0.3 is 0 Å². The van der Waals surface area contributed by atoms with Crippen molar-refractivity contribution in [3.63, 3.8) is 0 Å². The van der Waals surface area contributed by atoms with Gasteiger partial charge in [-0.25, -0.2) is 0 Å². The van der Waals surface area contributed by atoms with Crippen LogP contribution >= 0.6 is 46.4 Å². The fraction of sp³-hybridized carbons (Fsp3) is 0.178. The lowest BCUT2D eigenvalue weighted by molar-refractivity contribution is 0.117. The Hall–Kier alpha value is -6.65. The molecule has 1 aliphatic heterocycles. The van der Waals surface area contributed by atoms with E-state index in [4.69, 9.17) is 65.4 Å². The van der Waals surface area contributed by atoms with Gasteiger partial charge in [-0.15, -0.1) is 0 Å². The van der Waals surface area contributed by atoms with Crippen molar-refractivity contribution in [3.8, 4) is 23.0 Å². The molecule has 15 nitrogen and oxygen atoms in total. The topological polar surface area (TPSA) is 168 Å². The molecule has 7 aromatic rings. The first-order valence-electron chi connectivity index (χ1n) is 19.3. The molecule has 0 aliphatic carbocycles. The number of allylic oxidation sites excluding steroid dienone is 1. The average molecular weight is 953 g/mol. The first kappa shape index (κ1) is 48.4. The van der Waals surface area contributed by atoms with Crippen molar-refractivity contribution in [2.45, 2.75) is 19.8 Å². The number of nitrogens with one attached hydrogen (secondary N) is 4. The van der Waals surface area contributed by atoms with Crippen LogP contribution in [0.3, 0.4) is 0 Å². The molecule has 0 radical (unpaired) electrons. The zero-order chi connectivity index (χ0) is 46.2. The Morgan fingerprint density at radius 1 is 0.484 bits per heavy atom. The maximum Gasteiger partial charge on any atom is 0.266 e. The predicted octanol–water partition coefficient (Wildman–Crippen LogP) is 8.74. The molecule has 0 atom stereocenters. The Kier molecular flexibility index (Phi) is 17.9. The van der Waals surface area contributed by atoms with Gasteiger partial charge in [0.05, 0.1) is 28.5 Å². The van der Waals surface area contributed by atoms with E-state index in [1.807, 2.05) is 54.5 Å². The Labute approximate surface area is 388 Å². The number of aromatic nitrogens is 6. The molecule has 3 aromatic heterocycles. The largest absolute Gasteiger partial charge is 0.487 e. The third-order valence-corrected chi connectivity index (χ3v) is 10.0. The molecule has 0 unspecified atom stereocenters. The van der Waals surface area contributed by atoms with E-state index in [1.165, 1.54) is 22.9 Å². The Morgan fingerprint density at radius 3 is 1.28 bits per heavy atom. The van der Waals surface area contributed by atoms with Gasteiger partial charge in [0.25, 0.3) is 16.7 Å². The number of aryl methyl sites for hydroxylation is 2. The van der Waals surface area contributed by atoms with Gasteiger partial charge in [-0.05, 0) is 103 Å². The minimum Gasteiger partial charge on any atom is -0.487 e. The van der Waals surface area contributed by atoms with Crippen LogP contribution in [0.4, 0.5) is 0 Å². The van der Waals surface area contributed by atoms with Crippen LogP contribution in [0.5, 0.6) is 23.0 Å². The average Bonchev–Trinajstić information content (AvgIpc) is 4.02. The van der Waals surface area contributed by atoms with Crippen molar-refractivity contribution in [2.24, 2.45) is 14.1 Å². The minimum absolute atomic E-state index is 0.0743. The van der Waals surface area contributed by atoms with Crippen molar-refractivity contribution in [1.82, 2.24) is 39.8 Å². The zero-order valence-corrected chi connectivity index (χ0v) is 38.3. The second kappa shape index (κ2) is 23.7. The molecule has 64 heavy (non-hydrogen) atoms. The third-order valence-electron chi connectivity index (χ3n) is 9.03. The van der Waals surface area contributed by atoms with Gasteiger partial charge in [-0.2, -0.15) is 0 Å². The summed E-state index contributed by atoms with van der Waals surface area (Å²) in [6.07, 6.45) is 2.01. The summed E-state index contributed by atoms with van der Waals surface area (Å²) in [5.74, 6) is 2.96. The predicted molar refractivity (Wildman–Crippen MR) is 251 cm³/mol. The molecule has 0 bridgehead atoms. The first-order valence-corrected chi connectivity index (χ1v) is 20.8. The number of hydrogen-bond acceptors (Lipinski definition) is 9. The fourth-order valence-electron chi connectivity index (χ4n) is 5.39. The van der Waals surface area contributed by atoms with E-state index in [0.29, 0.717) is 63.7 Å². The summed E-state index contributed by atoms with van der Waals surface area (Å²) >= 11 is 23.0. The SMILES string of the molecule is C=C1C=C(COc2ccc(Cl)cc2)N(C)N1C.Cn1[nH]c(=O)cc1COc1ccc(Cl)cc1.Cn1[nH]c(COc2ccc(Cl)cc2)cc1=O.O=c1cc(COc2ccc(Cl)cc2)[nH][nH]1. The van der Waals surface area contributed by atoms with Crippen LogP contribution in [0.15, 0.2) is 154 Å². The zero-order valence-electron chi connectivity index (χ0n) is 35.2. The summed E-state index contributed by atoms with van der Waals surface area (Å²) < 4.78 is 25.1. The van der Waals surface area contributed by atoms with Crippen molar-refractivity contribution in [2.75, 3.05) is 20.7 Å². The highest BCUT2D eigenvalue weighted by atomic mass is 35.5. The van der Waals surface area contributed by atoms with Crippen molar-refractivity contribution >= 4 is 46.4 Å². The second-order valence-electron chi connectivity index (χ2n) is 13.8. The highest BCUT2D eigenvalue weighted by Gasteiger charge is 2.19. The Morgan fingerprint density at radius 2 is 0.922 bits per heavy atom. The van der Waals surface area contributed by atoms with Crippen LogP contribution in [0.1, 0.15) is 17.1 Å². The number of likely N-dealkylation sites (N-methyl/N-ethyl adjacent to an activating group) is 2. The van der Waals surface area contributed by atoms with Gasteiger partial charge in [0.15, 0.2) is 0 Å². The number of hydrogen-bond donors (Lipinski definition) is 4. The fourth-order valence-corrected chi connectivity index (χ4v) is 5.89. The van der Waals surface area contributed by atoms with Crippen molar-refractivity contribution < 1.29 is 18.9 Å². The second-order valence-corrected chi connectivity index (χ2v) is 15.5. The number of rotatable bonds is 12. The van der Waals surface area contributed by atoms with Crippen molar-refractivity contribution in [1.29, 1.82) is 0 Å². The summed E-state index contributed by atoms with van der Waals surface area (Å²) in [4.78, 5) is 33.0. The van der Waals surface area contributed by atoms with Gasteiger partial charge in [-0.1, -0.05) is 53.0 Å². The number of aromatic amines is 4. The maximum atomic E-state index is 11.2. The Bertz CT molecular complexity index is 2760. The van der Waals surface area contributed by atoms with E-state index >= 15 is 0 Å². The monoisotopic (exact) mass is 950 g/mol. The molecule has 8 rings (SSSR count). The molecule has 4 aromatic carbocycles. The number of nitrogens with zero attached hydrogens (tertiary/aromatic N) is 4. The van der Waals surface area contributed by atoms with Gasteiger partial charge in [0.2, 0.25) is 0 Å². The standard InChI is InChI=1S/C13H15ClN2O.2C11H11ClN2O2.C10H9ClN2O2/c1-10-8-12(16(3)15(10)2)9-17-13-6-4-11(14)5-7-13;1-14-9(6-11(15)13-14)7-16-10-4-2-8(12)3-5-10;1-14-11(15)6-9(13-14)7-16-10-4-2-8(12)3-5-10;11-7-1-3-9(4-2-7)15-6-8-5-10(14)13-12-8/h4-8H,1,9H2,2-3H3;2-6H,7H2,1H3,(H,13,15);2-6,13H,7H2,1H3;1-5H,6H2,(H2,12,13,14). The van der Waals surface area contributed by atoms with Crippen LogP contribution in [-0.2, 0) is 33.9 Å². The number of hydrazine groups is 1. The van der Waals surface area contributed by atoms with E-state index in [9.17, 15) is 14.4 Å². The quantitative estimate of drug-likeness (QED) is 0.0937. The van der Waals surface area contributed by atoms with E-state index in [2.05, 4.69) is 27.0 Å². The molecule has 0 saturated carbocycles. The highest BCUT2D eigenvalue weighted by molar-refractivity contribution is 6.31. The highest BCUT2D eigenvalue weighted by Crippen LogP contribution is 2.23. The van der Waals surface area contributed by atoms with E-state index in [1.54, 1.807) is 91.6 Å². The lowest BCUT2D eigenvalue weighted by Gasteiger charge is -2.26.